The first-order valence-corrected chi connectivity index (χ1v) is 11.8. The minimum Gasteiger partial charge on any atom is -0.493 e. The molecule has 0 atom stereocenters. The van der Waals surface area contributed by atoms with Crippen LogP contribution in [0.25, 0.3) is 16.8 Å². The molecule has 4 rings (SSSR count). The number of hydrogen-bond acceptors (Lipinski definition) is 4. The molecular formula is C28H20BrClN2O3. The molecule has 0 unspecified atom stereocenters. The summed E-state index contributed by atoms with van der Waals surface area (Å²) in [5, 5.41) is 14.8. The third kappa shape index (κ3) is 6.02. The van der Waals surface area contributed by atoms with Crippen LogP contribution in [0.1, 0.15) is 11.1 Å². The molecule has 35 heavy (non-hydrogen) atoms. The Hall–Kier alpha value is -3.79. The molecule has 0 saturated heterocycles. The highest BCUT2D eigenvalue weighted by Gasteiger charge is 2.15. The average molecular weight is 548 g/mol. The SMILES string of the molecule is COc1cc(/C=C(/C#N)C(=O)Nc2ccc(Br)cc2)cc(Cl)c1OCc1ccc2ccccc2c1. The van der Waals surface area contributed by atoms with Crippen LogP contribution < -0.4 is 14.8 Å². The normalized spacial score (nSPS) is 11.1. The van der Waals surface area contributed by atoms with E-state index < -0.39 is 5.91 Å². The number of amides is 1. The number of anilines is 1. The molecule has 0 saturated carbocycles. The molecule has 7 heteroatoms. The van der Waals surface area contributed by atoms with E-state index in [2.05, 4.69) is 33.4 Å². The van der Waals surface area contributed by atoms with E-state index in [9.17, 15) is 10.1 Å². The van der Waals surface area contributed by atoms with Crippen LogP contribution in [-0.2, 0) is 11.4 Å². The van der Waals surface area contributed by atoms with Gasteiger partial charge in [-0.2, -0.15) is 5.26 Å². The van der Waals surface area contributed by atoms with Crippen molar-refractivity contribution in [2.75, 3.05) is 12.4 Å². The first kappa shape index (κ1) is 24.3. The van der Waals surface area contributed by atoms with Gasteiger partial charge >= 0.3 is 0 Å². The molecule has 0 fully saturated rings. The number of nitriles is 1. The number of rotatable bonds is 7. The smallest absolute Gasteiger partial charge is 0.266 e. The molecule has 0 radical (unpaired) electrons. The molecule has 1 amide bonds. The van der Waals surface area contributed by atoms with Crippen molar-refractivity contribution in [1.82, 2.24) is 0 Å². The van der Waals surface area contributed by atoms with Crippen LogP contribution in [0.4, 0.5) is 5.69 Å². The van der Waals surface area contributed by atoms with Gasteiger partial charge in [0, 0.05) is 10.2 Å². The summed E-state index contributed by atoms with van der Waals surface area (Å²) in [6.45, 7) is 0.301. The van der Waals surface area contributed by atoms with Gasteiger partial charge in [0.2, 0.25) is 0 Å². The number of nitrogens with one attached hydrogen (secondary N) is 1. The maximum atomic E-state index is 12.6. The first-order chi connectivity index (χ1) is 17.0. The van der Waals surface area contributed by atoms with Gasteiger partial charge < -0.3 is 14.8 Å². The number of fused-ring (bicyclic) bond motifs is 1. The summed E-state index contributed by atoms with van der Waals surface area (Å²) in [5.74, 6) is 0.258. The van der Waals surface area contributed by atoms with Crippen LogP contribution >= 0.6 is 27.5 Å². The number of carbonyl (C=O) groups excluding carboxylic acids is 1. The Kier molecular flexibility index (Phi) is 7.71. The van der Waals surface area contributed by atoms with Crippen molar-refractivity contribution in [2.45, 2.75) is 6.61 Å². The molecule has 4 aromatic carbocycles. The molecule has 5 nitrogen and oxygen atoms in total. The number of ether oxygens (including phenoxy) is 2. The van der Waals surface area contributed by atoms with Gasteiger partial charge in [0.05, 0.1) is 12.1 Å². The fourth-order valence-electron chi connectivity index (χ4n) is 3.49. The molecule has 0 heterocycles. The second-order valence-corrected chi connectivity index (χ2v) is 8.96. The third-order valence-corrected chi connectivity index (χ3v) is 6.04. The van der Waals surface area contributed by atoms with Gasteiger partial charge in [-0.3, -0.25) is 4.79 Å². The van der Waals surface area contributed by atoms with Crippen molar-refractivity contribution in [3.05, 3.63) is 105 Å². The number of benzene rings is 4. The van der Waals surface area contributed by atoms with Crippen molar-refractivity contribution in [2.24, 2.45) is 0 Å². The highest BCUT2D eigenvalue weighted by atomic mass is 79.9. The number of nitrogens with zero attached hydrogens (tertiary/aromatic N) is 1. The summed E-state index contributed by atoms with van der Waals surface area (Å²) in [6.07, 6.45) is 1.45. The van der Waals surface area contributed by atoms with Crippen LogP contribution in [0.5, 0.6) is 11.5 Å². The predicted octanol–water partition coefficient (Wildman–Crippen LogP) is 7.39. The summed E-state index contributed by atoms with van der Waals surface area (Å²) in [4.78, 5) is 12.6. The summed E-state index contributed by atoms with van der Waals surface area (Å²) < 4.78 is 12.4. The molecule has 0 aliphatic carbocycles. The van der Waals surface area contributed by atoms with E-state index in [0.29, 0.717) is 34.4 Å². The zero-order valence-corrected chi connectivity index (χ0v) is 21.1. The Balaban J connectivity index is 1.53. The fourth-order valence-corrected chi connectivity index (χ4v) is 4.03. The Bertz CT molecular complexity index is 1460. The van der Waals surface area contributed by atoms with E-state index in [1.807, 2.05) is 36.4 Å². The minimum absolute atomic E-state index is 0.0733. The Labute approximate surface area is 216 Å². The molecule has 0 aliphatic rings. The van der Waals surface area contributed by atoms with E-state index in [4.69, 9.17) is 21.1 Å². The van der Waals surface area contributed by atoms with E-state index in [1.54, 1.807) is 36.4 Å². The average Bonchev–Trinajstić information content (AvgIpc) is 2.87. The maximum Gasteiger partial charge on any atom is 0.266 e. The number of halogens is 2. The summed E-state index contributed by atoms with van der Waals surface area (Å²) in [6, 6.07) is 26.5. The van der Waals surface area contributed by atoms with Crippen LogP contribution in [0, 0.1) is 11.3 Å². The maximum absolute atomic E-state index is 12.6. The molecule has 0 aromatic heterocycles. The molecule has 174 valence electrons. The molecule has 0 bridgehead atoms. The van der Waals surface area contributed by atoms with Gasteiger partial charge in [-0.1, -0.05) is 63.9 Å². The summed E-state index contributed by atoms with van der Waals surface area (Å²) in [7, 11) is 1.51. The Morgan fingerprint density at radius 3 is 2.51 bits per heavy atom. The van der Waals surface area contributed by atoms with Crippen molar-refractivity contribution in [3.63, 3.8) is 0 Å². The van der Waals surface area contributed by atoms with Crippen LogP contribution in [0.15, 0.2) is 88.9 Å². The van der Waals surface area contributed by atoms with Gasteiger partial charge in [0.15, 0.2) is 11.5 Å². The lowest BCUT2D eigenvalue weighted by Crippen LogP contribution is -2.13. The lowest BCUT2D eigenvalue weighted by molar-refractivity contribution is -0.112. The van der Waals surface area contributed by atoms with Gasteiger partial charge in [-0.15, -0.1) is 0 Å². The first-order valence-electron chi connectivity index (χ1n) is 10.6. The topological polar surface area (TPSA) is 71.3 Å². The summed E-state index contributed by atoms with van der Waals surface area (Å²) in [5.41, 5.74) is 2.03. The fraction of sp³-hybridized carbons (Fsp3) is 0.0714. The quantitative estimate of drug-likeness (QED) is 0.193. The zero-order valence-electron chi connectivity index (χ0n) is 18.7. The second-order valence-electron chi connectivity index (χ2n) is 7.64. The molecule has 0 spiro atoms. The van der Waals surface area contributed by atoms with Gasteiger partial charge in [-0.25, -0.2) is 0 Å². The second kappa shape index (κ2) is 11.1. The van der Waals surface area contributed by atoms with E-state index in [-0.39, 0.29) is 5.57 Å². The number of hydrogen-bond donors (Lipinski definition) is 1. The van der Waals surface area contributed by atoms with E-state index >= 15 is 0 Å². The Morgan fingerprint density at radius 1 is 1.06 bits per heavy atom. The van der Waals surface area contributed by atoms with Crippen molar-refractivity contribution in [1.29, 1.82) is 5.26 Å². The highest BCUT2D eigenvalue weighted by Crippen LogP contribution is 2.37. The van der Waals surface area contributed by atoms with Crippen molar-refractivity contribution < 1.29 is 14.3 Å². The standard InChI is InChI=1S/C28H20BrClN2O3/c1-34-26-15-19(13-22(16-31)28(33)32-24-10-8-23(29)9-11-24)14-25(30)27(26)35-17-18-6-7-20-4-2-3-5-21(20)12-18/h2-15H,17H2,1H3,(H,32,33)/b22-13-. The molecule has 1 N–H and O–H groups in total. The van der Waals surface area contributed by atoms with Gasteiger partial charge in [0.25, 0.3) is 5.91 Å². The molecule has 0 aliphatic heterocycles. The van der Waals surface area contributed by atoms with Crippen molar-refractivity contribution >= 4 is 56.0 Å². The third-order valence-electron chi connectivity index (χ3n) is 5.23. The van der Waals surface area contributed by atoms with Crippen LogP contribution in [0.2, 0.25) is 5.02 Å². The molecule has 4 aromatic rings. The van der Waals surface area contributed by atoms with Gasteiger partial charge in [-0.05, 0) is 70.4 Å². The highest BCUT2D eigenvalue weighted by molar-refractivity contribution is 9.10. The minimum atomic E-state index is -0.526. The molecular weight excluding hydrogens is 528 g/mol. The lowest BCUT2D eigenvalue weighted by Gasteiger charge is -2.14. The Morgan fingerprint density at radius 2 is 1.80 bits per heavy atom. The largest absolute Gasteiger partial charge is 0.493 e. The summed E-state index contributed by atoms with van der Waals surface area (Å²) >= 11 is 9.85. The van der Waals surface area contributed by atoms with E-state index in [1.165, 1.54) is 13.2 Å². The lowest BCUT2D eigenvalue weighted by atomic mass is 10.1. The van der Waals surface area contributed by atoms with Crippen molar-refractivity contribution in [3.8, 4) is 17.6 Å². The van der Waals surface area contributed by atoms with Gasteiger partial charge in [0.1, 0.15) is 18.2 Å². The predicted molar refractivity (Wildman–Crippen MR) is 143 cm³/mol. The monoisotopic (exact) mass is 546 g/mol. The number of carbonyl (C=O) groups is 1. The number of methoxy groups -OCH3 is 1. The van der Waals surface area contributed by atoms with Crippen LogP contribution in [-0.4, -0.2) is 13.0 Å². The van der Waals surface area contributed by atoms with E-state index in [0.717, 1.165) is 20.8 Å². The van der Waals surface area contributed by atoms with Crippen LogP contribution in [0.3, 0.4) is 0 Å². The zero-order chi connectivity index (χ0) is 24.8.